The van der Waals surface area contributed by atoms with Crippen molar-refractivity contribution in [2.45, 2.75) is 84.1 Å². The van der Waals surface area contributed by atoms with Gasteiger partial charge in [-0.2, -0.15) is 0 Å². The van der Waals surface area contributed by atoms with E-state index in [2.05, 4.69) is 10.6 Å². The van der Waals surface area contributed by atoms with Crippen molar-refractivity contribution in [2.24, 2.45) is 11.8 Å². The Hall–Kier alpha value is -3.17. The van der Waals surface area contributed by atoms with Crippen molar-refractivity contribution in [1.82, 2.24) is 15.5 Å². The van der Waals surface area contributed by atoms with Gasteiger partial charge in [-0.1, -0.05) is 12.2 Å². The molecule has 0 bridgehead atoms. The van der Waals surface area contributed by atoms with Gasteiger partial charge in [-0.15, -0.1) is 0 Å². The molecule has 0 aromatic heterocycles. The van der Waals surface area contributed by atoms with Gasteiger partial charge in [0.1, 0.15) is 17.2 Å². The monoisotopic (exact) mass is 475 g/mol. The number of fused-ring (bicyclic) bond motifs is 1. The zero-order valence-corrected chi connectivity index (χ0v) is 20.5. The van der Waals surface area contributed by atoms with Crippen molar-refractivity contribution in [1.29, 1.82) is 0 Å². The van der Waals surface area contributed by atoms with Gasteiger partial charge in [0, 0.05) is 18.0 Å². The summed E-state index contributed by atoms with van der Waals surface area (Å²) in [4.78, 5) is 64.4. The van der Waals surface area contributed by atoms with Crippen LogP contribution in [-0.4, -0.2) is 58.0 Å². The van der Waals surface area contributed by atoms with E-state index in [4.69, 9.17) is 9.47 Å². The summed E-state index contributed by atoms with van der Waals surface area (Å²) < 4.78 is 10.8. The summed E-state index contributed by atoms with van der Waals surface area (Å²) in [6.07, 6.45) is 4.51. The Morgan fingerprint density at radius 1 is 1.09 bits per heavy atom. The first-order valence-corrected chi connectivity index (χ1v) is 11.4. The first-order valence-electron chi connectivity index (χ1n) is 11.4. The Labute approximate surface area is 199 Å². The van der Waals surface area contributed by atoms with Crippen molar-refractivity contribution in [2.75, 3.05) is 0 Å². The summed E-state index contributed by atoms with van der Waals surface area (Å²) in [5, 5.41) is 5.07. The second-order valence-electron chi connectivity index (χ2n) is 10.7. The zero-order chi connectivity index (χ0) is 25.4. The molecule has 2 heterocycles. The molecule has 4 amide bonds. The second-order valence-corrected chi connectivity index (χ2v) is 10.7. The average Bonchev–Trinajstić information content (AvgIpc) is 2.91. The summed E-state index contributed by atoms with van der Waals surface area (Å²) in [5.74, 6) is -3.40. The number of rotatable bonds is 4. The lowest BCUT2D eigenvalue weighted by molar-refractivity contribution is -0.158. The summed E-state index contributed by atoms with van der Waals surface area (Å²) in [6.45, 7) is 10.4. The number of ether oxygens (including phenoxy) is 2. The Bertz CT molecular complexity index is 955. The predicted octanol–water partition coefficient (Wildman–Crippen LogP) is 1.94. The third kappa shape index (κ3) is 5.84. The van der Waals surface area contributed by atoms with Gasteiger partial charge in [0.05, 0.1) is 18.4 Å². The third-order valence-electron chi connectivity index (χ3n) is 5.59. The maximum absolute atomic E-state index is 13.6. The first-order chi connectivity index (χ1) is 15.7. The quantitative estimate of drug-likeness (QED) is 0.469. The van der Waals surface area contributed by atoms with Crippen LogP contribution >= 0.6 is 0 Å². The molecule has 2 saturated heterocycles. The van der Waals surface area contributed by atoms with Gasteiger partial charge in [0.25, 0.3) is 0 Å². The molecular weight excluding hydrogens is 442 g/mol. The summed E-state index contributed by atoms with van der Waals surface area (Å²) in [6, 6.07) is -1.53. The van der Waals surface area contributed by atoms with Crippen LogP contribution in [0, 0.1) is 11.8 Å². The van der Waals surface area contributed by atoms with Crippen LogP contribution in [0.15, 0.2) is 23.9 Å². The predicted molar refractivity (Wildman–Crippen MR) is 121 cm³/mol. The van der Waals surface area contributed by atoms with Gasteiger partial charge >= 0.3 is 12.1 Å². The van der Waals surface area contributed by atoms with E-state index >= 15 is 0 Å². The molecule has 10 nitrogen and oxygen atoms in total. The van der Waals surface area contributed by atoms with Crippen molar-refractivity contribution in [3.8, 4) is 0 Å². The fourth-order valence-corrected chi connectivity index (χ4v) is 4.47. The fraction of sp³-hybridized carbons (Fsp3) is 0.625. The van der Waals surface area contributed by atoms with E-state index < -0.39 is 64.9 Å². The molecular formula is C24H33N3O7. The molecule has 1 aliphatic carbocycles. The van der Waals surface area contributed by atoms with Gasteiger partial charge in [-0.3, -0.25) is 24.5 Å². The first kappa shape index (κ1) is 25.5. The molecule has 0 spiro atoms. The maximum atomic E-state index is 13.6. The number of nitrogens with one attached hydrogen (secondary N) is 2. The number of carbonyl (C=O) groups is 5. The van der Waals surface area contributed by atoms with Gasteiger partial charge in [0.15, 0.2) is 0 Å². The van der Waals surface area contributed by atoms with Crippen LogP contribution < -0.4 is 10.6 Å². The molecule has 186 valence electrons. The molecule has 0 aromatic rings. The molecule has 2 aliphatic heterocycles. The van der Waals surface area contributed by atoms with Gasteiger partial charge in [-0.05, 0) is 54.0 Å². The van der Waals surface area contributed by atoms with Gasteiger partial charge in [0.2, 0.25) is 17.7 Å². The van der Waals surface area contributed by atoms with Crippen LogP contribution in [0.1, 0.15) is 60.8 Å². The molecule has 3 aliphatic rings. The number of nitrogens with zero attached hydrogens (tertiary/aromatic N) is 1. The Morgan fingerprint density at radius 2 is 1.74 bits per heavy atom. The average molecular weight is 476 g/mol. The van der Waals surface area contributed by atoms with E-state index in [0.29, 0.717) is 5.70 Å². The number of imide groups is 1. The van der Waals surface area contributed by atoms with Crippen LogP contribution in [0.5, 0.6) is 0 Å². The van der Waals surface area contributed by atoms with Crippen LogP contribution in [0.3, 0.4) is 0 Å². The van der Waals surface area contributed by atoms with E-state index in [1.54, 1.807) is 59.8 Å². The number of likely N-dealkylation sites (tertiary alicyclic amines) is 1. The van der Waals surface area contributed by atoms with Crippen LogP contribution in [0.25, 0.3) is 0 Å². The minimum absolute atomic E-state index is 0.101. The lowest BCUT2D eigenvalue weighted by Gasteiger charge is -2.33. The van der Waals surface area contributed by atoms with Crippen molar-refractivity contribution >= 4 is 29.8 Å². The maximum Gasteiger partial charge on any atom is 0.408 e. The molecule has 34 heavy (non-hydrogen) atoms. The molecule has 3 rings (SSSR count). The van der Waals surface area contributed by atoms with Crippen molar-refractivity contribution < 1.29 is 33.4 Å². The minimum Gasteiger partial charge on any atom is -0.460 e. The van der Waals surface area contributed by atoms with E-state index in [9.17, 15) is 24.0 Å². The second kappa shape index (κ2) is 9.23. The molecule has 0 radical (unpaired) electrons. The lowest BCUT2D eigenvalue weighted by atomic mass is 9.82. The number of esters is 1. The highest BCUT2D eigenvalue weighted by molar-refractivity contribution is 6.03. The number of hydrogen-bond donors (Lipinski definition) is 2. The van der Waals surface area contributed by atoms with Gasteiger partial charge in [-0.25, -0.2) is 4.79 Å². The summed E-state index contributed by atoms with van der Waals surface area (Å²) in [7, 11) is 0. The number of hydrogen-bond acceptors (Lipinski definition) is 7. The number of carbonyl (C=O) groups excluding carboxylic acids is 5. The standard InChI is InChI=1S/C24H33N3O7/c1-23(2,3)33-18(29)12-13-19-14(25-22(32)34-24(4,5)6)8-7-9-15(19)27(21(13)31)16-10-11-17(28)26-20(16)30/h7-9,13-14,16,19H,10-12H2,1-6H3,(H,25,32)(H,26,28,30). The number of allylic oxidation sites excluding steroid dienone is 2. The third-order valence-corrected chi connectivity index (χ3v) is 5.59. The van der Waals surface area contributed by atoms with Gasteiger partial charge < -0.3 is 19.7 Å². The fourth-order valence-electron chi connectivity index (χ4n) is 4.47. The Balaban J connectivity index is 1.91. The smallest absolute Gasteiger partial charge is 0.408 e. The van der Waals surface area contributed by atoms with E-state index in [1.807, 2.05) is 0 Å². The topological polar surface area (TPSA) is 131 Å². The Morgan fingerprint density at radius 3 is 2.32 bits per heavy atom. The van der Waals surface area contributed by atoms with Crippen LogP contribution in [0.4, 0.5) is 4.79 Å². The molecule has 0 aromatic carbocycles. The molecule has 2 N–H and O–H groups in total. The van der Waals surface area contributed by atoms with Crippen LogP contribution in [0.2, 0.25) is 0 Å². The highest BCUT2D eigenvalue weighted by Crippen LogP contribution is 2.43. The molecule has 4 unspecified atom stereocenters. The minimum atomic E-state index is -0.878. The van der Waals surface area contributed by atoms with Crippen molar-refractivity contribution in [3.63, 3.8) is 0 Å². The zero-order valence-electron chi connectivity index (χ0n) is 20.5. The van der Waals surface area contributed by atoms with Crippen molar-refractivity contribution in [3.05, 3.63) is 23.9 Å². The lowest BCUT2D eigenvalue weighted by Crippen LogP contribution is -2.53. The highest BCUT2D eigenvalue weighted by atomic mass is 16.6. The molecule has 4 atom stereocenters. The number of amides is 4. The van der Waals surface area contributed by atoms with E-state index in [-0.39, 0.29) is 19.3 Å². The largest absolute Gasteiger partial charge is 0.460 e. The molecule has 10 heteroatoms. The molecule has 2 fully saturated rings. The highest BCUT2D eigenvalue weighted by Gasteiger charge is 2.53. The van der Waals surface area contributed by atoms with Crippen LogP contribution in [-0.2, 0) is 28.7 Å². The summed E-state index contributed by atoms with van der Waals surface area (Å²) in [5.41, 5.74) is -0.945. The number of alkyl carbamates (subject to hydrolysis) is 1. The molecule has 0 saturated carbocycles. The SMILES string of the molecule is CC(C)(C)OC(=O)CC1C(=O)N(C2CCC(=O)NC2=O)C2=CC=CC(NC(=O)OC(C)(C)C)C21. The van der Waals surface area contributed by atoms with E-state index in [1.165, 1.54) is 4.90 Å². The summed E-state index contributed by atoms with van der Waals surface area (Å²) >= 11 is 0. The normalized spacial score (nSPS) is 27.1. The number of piperidine rings is 1. The van der Waals surface area contributed by atoms with E-state index in [0.717, 1.165) is 0 Å². The Kier molecular flexibility index (Phi) is 6.91.